The molecular formula is C14H24FNO2. The zero-order valence-electron chi connectivity index (χ0n) is 11.5. The Labute approximate surface area is 109 Å². The lowest BCUT2D eigenvalue weighted by Gasteiger charge is -2.15. The van der Waals surface area contributed by atoms with Gasteiger partial charge >= 0.3 is 5.97 Å². The van der Waals surface area contributed by atoms with Crippen molar-refractivity contribution in [3.8, 4) is 6.07 Å². The molecule has 4 heteroatoms. The van der Waals surface area contributed by atoms with E-state index in [1.807, 2.05) is 0 Å². The van der Waals surface area contributed by atoms with Crippen LogP contribution in [0.4, 0.5) is 4.39 Å². The van der Waals surface area contributed by atoms with E-state index in [9.17, 15) is 9.18 Å². The van der Waals surface area contributed by atoms with Crippen molar-refractivity contribution >= 4 is 5.97 Å². The van der Waals surface area contributed by atoms with Gasteiger partial charge in [0, 0.05) is 6.42 Å². The number of hydrogen-bond donors (Lipinski definition) is 0. The fourth-order valence-electron chi connectivity index (χ4n) is 1.77. The molecule has 0 saturated carbocycles. The molecule has 3 nitrogen and oxygen atoms in total. The molecular weight excluding hydrogens is 233 g/mol. The zero-order valence-corrected chi connectivity index (χ0v) is 11.5. The van der Waals surface area contributed by atoms with Crippen molar-refractivity contribution in [2.75, 3.05) is 6.61 Å². The van der Waals surface area contributed by atoms with Crippen LogP contribution < -0.4 is 0 Å². The maximum absolute atomic E-state index is 13.9. The summed E-state index contributed by atoms with van der Waals surface area (Å²) in [5, 5.41) is 8.73. The van der Waals surface area contributed by atoms with Gasteiger partial charge in [-0.2, -0.15) is 5.26 Å². The van der Waals surface area contributed by atoms with Crippen LogP contribution in [-0.2, 0) is 9.53 Å². The number of carbonyl (C=O) groups is 1. The van der Waals surface area contributed by atoms with Crippen molar-refractivity contribution in [1.29, 1.82) is 5.26 Å². The van der Waals surface area contributed by atoms with Crippen LogP contribution in [0.2, 0.25) is 0 Å². The van der Waals surface area contributed by atoms with E-state index in [4.69, 9.17) is 5.26 Å². The zero-order chi connectivity index (χ0) is 13.9. The van der Waals surface area contributed by atoms with E-state index in [1.165, 1.54) is 25.3 Å². The number of esters is 1. The monoisotopic (exact) mass is 257 g/mol. The minimum Gasteiger partial charge on any atom is -0.463 e. The van der Waals surface area contributed by atoms with Gasteiger partial charge in [-0.15, -0.1) is 0 Å². The van der Waals surface area contributed by atoms with Gasteiger partial charge in [0.1, 0.15) is 6.07 Å². The average Bonchev–Trinajstić information content (AvgIpc) is 2.37. The molecule has 0 bridgehead atoms. The molecule has 0 unspecified atom stereocenters. The lowest BCUT2D eigenvalue weighted by atomic mass is 9.98. The summed E-state index contributed by atoms with van der Waals surface area (Å²) in [6.07, 6.45) is 7.15. The molecule has 0 aliphatic heterocycles. The van der Waals surface area contributed by atoms with Crippen molar-refractivity contribution in [3.63, 3.8) is 0 Å². The van der Waals surface area contributed by atoms with Gasteiger partial charge < -0.3 is 4.74 Å². The minimum atomic E-state index is -2.46. The first-order valence-corrected chi connectivity index (χ1v) is 6.88. The highest BCUT2D eigenvalue weighted by Gasteiger charge is 2.39. The second-order valence-electron chi connectivity index (χ2n) is 4.50. The topological polar surface area (TPSA) is 50.1 Å². The van der Waals surface area contributed by atoms with Gasteiger partial charge in [0.2, 0.25) is 0 Å². The van der Waals surface area contributed by atoms with Crippen LogP contribution in [-0.4, -0.2) is 18.2 Å². The van der Waals surface area contributed by atoms with Gasteiger partial charge in [0.25, 0.3) is 5.67 Å². The first-order chi connectivity index (χ1) is 8.60. The van der Waals surface area contributed by atoms with Gasteiger partial charge in [-0.05, 0) is 13.3 Å². The molecule has 0 heterocycles. The molecule has 0 saturated heterocycles. The third kappa shape index (κ3) is 6.58. The Morgan fingerprint density at radius 2 is 1.72 bits per heavy atom. The van der Waals surface area contributed by atoms with E-state index >= 15 is 0 Å². The van der Waals surface area contributed by atoms with Gasteiger partial charge in [0.15, 0.2) is 0 Å². The summed E-state index contributed by atoms with van der Waals surface area (Å²) in [5.41, 5.74) is -2.46. The van der Waals surface area contributed by atoms with Crippen molar-refractivity contribution in [1.82, 2.24) is 0 Å². The fourth-order valence-corrected chi connectivity index (χ4v) is 1.77. The number of ether oxygens (including phenoxy) is 1. The minimum absolute atomic E-state index is 0.0594. The first-order valence-electron chi connectivity index (χ1n) is 6.88. The predicted molar refractivity (Wildman–Crippen MR) is 68.7 cm³/mol. The van der Waals surface area contributed by atoms with Crippen molar-refractivity contribution < 1.29 is 13.9 Å². The SMILES string of the molecule is CCCCCCCCC[C@](F)(C#N)C(=O)OCC. The van der Waals surface area contributed by atoms with E-state index in [-0.39, 0.29) is 13.0 Å². The van der Waals surface area contributed by atoms with Gasteiger partial charge in [0.05, 0.1) is 6.61 Å². The molecule has 0 amide bonds. The first kappa shape index (κ1) is 16.9. The summed E-state index contributed by atoms with van der Waals surface area (Å²) in [4.78, 5) is 11.3. The van der Waals surface area contributed by atoms with Gasteiger partial charge in [-0.25, -0.2) is 9.18 Å². The number of halogens is 1. The second-order valence-corrected chi connectivity index (χ2v) is 4.50. The molecule has 0 aromatic carbocycles. The van der Waals surface area contributed by atoms with Crippen LogP contribution >= 0.6 is 0 Å². The third-order valence-corrected chi connectivity index (χ3v) is 2.90. The number of unbranched alkanes of at least 4 members (excludes halogenated alkanes) is 6. The fraction of sp³-hybridized carbons (Fsp3) is 0.857. The molecule has 0 rings (SSSR count). The average molecular weight is 257 g/mol. The Morgan fingerprint density at radius 3 is 2.22 bits per heavy atom. The van der Waals surface area contributed by atoms with E-state index in [0.717, 1.165) is 19.3 Å². The molecule has 0 fully saturated rings. The molecule has 104 valence electrons. The number of alkyl halides is 1. The Kier molecular flexibility index (Phi) is 9.26. The van der Waals surface area contributed by atoms with Crippen molar-refractivity contribution in [2.45, 2.75) is 70.9 Å². The van der Waals surface area contributed by atoms with E-state index < -0.39 is 11.6 Å². The molecule has 0 radical (unpaired) electrons. The van der Waals surface area contributed by atoms with E-state index in [0.29, 0.717) is 6.42 Å². The highest BCUT2D eigenvalue weighted by molar-refractivity contribution is 5.82. The summed E-state index contributed by atoms with van der Waals surface area (Å²) in [6.45, 7) is 3.86. The summed E-state index contributed by atoms with van der Waals surface area (Å²) in [5.74, 6) is -1.04. The Bertz CT molecular complexity index is 275. The quantitative estimate of drug-likeness (QED) is 0.440. The van der Waals surface area contributed by atoms with Crippen LogP contribution in [0.15, 0.2) is 0 Å². The number of carbonyl (C=O) groups excluding carboxylic acids is 1. The molecule has 0 aromatic heterocycles. The van der Waals surface area contributed by atoms with E-state index in [1.54, 1.807) is 6.92 Å². The largest absolute Gasteiger partial charge is 0.463 e. The molecule has 0 aliphatic rings. The van der Waals surface area contributed by atoms with Gasteiger partial charge in [-0.1, -0.05) is 45.4 Å². The summed E-state index contributed by atoms with van der Waals surface area (Å²) < 4.78 is 18.5. The van der Waals surface area contributed by atoms with Crippen LogP contribution in [0.5, 0.6) is 0 Å². The number of nitrogens with zero attached hydrogens (tertiary/aromatic N) is 1. The highest BCUT2D eigenvalue weighted by Crippen LogP contribution is 2.21. The smallest absolute Gasteiger partial charge is 0.358 e. The third-order valence-electron chi connectivity index (χ3n) is 2.90. The van der Waals surface area contributed by atoms with Crippen molar-refractivity contribution in [2.24, 2.45) is 0 Å². The Hall–Kier alpha value is -1.11. The summed E-state index contributed by atoms with van der Waals surface area (Å²) in [6, 6.07) is 1.43. The standard InChI is InChI=1S/C14H24FNO2/c1-3-5-6-7-8-9-10-11-14(15,12-16)13(17)18-4-2/h3-11H2,1-2H3/t14-/m0/s1. The Balaban J connectivity index is 3.80. The summed E-state index contributed by atoms with van der Waals surface area (Å²) >= 11 is 0. The predicted octanol–water partition coefficient (Wildman–Crippen LogP) is 3.92. The van der Waals surface area contributed by atoms with E-state index in [2.05, 4.69) is 11.7 Å². The number of rotatable bonds is 10. The van der Waals surface area contributed by atoms with Crippen LogP contribution in [0.3, 0.4) is 0 Å². The number of hydrogen-bond acceptors (Lipinski definition) is 3. The second kappa shape index (κ2) is 9.87. The molecule has 0 spiro atoms. The molecule has 0 aromatic rings. The van der Waals surface area contributed by atoms with Crippen molar-refractivity contribution in [3.05, 3.63) is 0 Å². The van der Waals surface area contributed by atoms with Gasteiger partial charge in [-0.3, -0.25) is 0 Å². The summed E-state index contributed by atoms with van der Waals surface area (Å²) in [7, 11) is 0. The lowest BCUT2D eigenvalue weighted by Crippen LogP contribution is -2.34. The highest BCUT2D eigenvalue weighted by atomic mass is 19.1. The molecule has 18 heavy (non-hydrogen) atoms. The molecule has 1 atom stereocenters. The normalized spacial score (nSPS) is 13.7. The molecule has 0 N–H and O–H groups in total. The maximum atomic E-state index is 13.9. The molecule has 0 aliphatic carbocycles. The maximum Gasteiger partial charge on any atom is 0.358 e. The number of nitriles is 1. The van der Waals surface area contributed by atoms with Crippen LogP contribution in [0.25, 0.3) is 0 Å². The van der Waals surface area contributed by atoms with Crippen LogP contribution in [0.1, 0.15) is 65.2 Å². The Morgan fingerprint density at radius 1 is 1.17 bits per heavy atom. The van der Waals surface area contributed by atoms with Crippen LogP contribution in [0, 0.1) is 11.3 Å². The lowest BCUT2D eigenvalue weighted by molar-refractivity contribution is -0.153.